The second kappa shape index (κ2) is 8.10. The molecule has 3 fully saturated rings. The van der Waals surface area contributed by atoms with Crippen LogP contribution >= 0.6 is 0 Å². The lowest BCUT2D eigenvalue weighted by Gasteiger charge is -2.58. The third-order valence-corrected chi connectivity index (χ3v) is 7.68. The third kappa shape index (κ3) is 3.54. The highest BCUT2D eigenvalue weighted by Gasteiger charge is 2.53. The Morgan fingerprint density at radius 1 is 1.23 bits per heavy atom. The minimum Gasteiger partial charge on any atom is -0.497 e. The van der Waals surface area contributed by atoms with E-state index in [4.69, 9.17) is 4.74 Å². The fourth-order valence-electron chi connectivity index (χ4n) is 6.07. The normalized spacial score (nSPS) is 28.4. The van der Waals surface area contributed by atoms with Crippen molar-refractivity contribution in [2.75, 3.05) is 20.2 Å². The monoisotopic (exact) mass is 415 g/mol. The van der Waals surface area contributed by atoms with E-state index < -0.39 is 6.10 Å². The maximum absolute atomic E-state index is 11.8. The molecule has 3 aliphatic rings. The smallest absolute Gasteiger partial charge is 0.131 e. The number of rotatable bonds is 6. The molecule has 0 spiro atoms. The van der Waals surface area contributed by atoms with E-state index in [2.05, 4.69) is 48.0 Å². The van der Waals surface area contributed by atoms with Gasteiger partial charge in [0.1, 0.15) is 24.4 Å². The van der Waals surface area contributed by atoms with Crippen molar-refractivity contribution in [2.24, 2.45) is 11.8 Å². The average Bonchev–Trinajstić information content (AvgIpc) is 2.83. The number of hydrogen-bond donors (Lipinski definition) is 1. The zero-order valence-corrected chi connectivity index (χ0v) is 18.2. The number of ether oxygens (including phenoxy) is 1. The molecule has 4 heteroatoms. The summed E-state index contributed by atoms with van der Waals surface area (Å²) in [7, 11) is 1.68. The van der Waals surface area contributed by atoms with Gasteiger partial charge < -0.3 is 14.3 Å². The first-order chi connectivity index (χ1) is 15.1. The molecule has 4 heterocycles. The second-order valence-electron chi connectivity index (χ2n) is 9.25. The Hall–Kier alpha value is -2.69. The molecule has 31 heavy (non-hydrogen) atoms. The van der Waals surface area contributed by atoms with Gasteiger partial charge in [-0.15, -0.1) is 6.58 Å². The van der Waals surface area contributed by atoms with Crippen LogP contribution in [0.4, 0.5) is 0 Å². The minimum atomic E-state index is -0.546. The molecule has 0 amide bonds. The van der Waals surface area contributed by atoms with Crippen molar-refractivity contribution in [3.63, 3.8) is 0 Å². The molecule has 160 valence electrons. The lowest BCUT2D eigenvalue weighted by Crippen LogP contribution is -2.67. The first-order valence-corrected chi connectivity index (χ1v) is 11.3. The van der Waals surface area contributed by atoms with Crippen molar-refractivity contribution in [1.82, 2.24) is 4.98 Å². The van der Waals surface area contributed by atoms with Crippen molar-refractivity contribution < 1.29 is 14.3 Å². The van der Waals surface area contributed by atoms with Gasteiger partial charge >= 0.3 is 0 Å². The number of aliphatic hydroxyl groups is 1. The highest BCUT2D eigenvalue weighted by Crippen LogP contribution is 2.48. The Kier molecular flexibility index (Phi) is 5.28. The predicted molar refractivity (Wildman–Crippen MR) is 124 cm³/mol. The molecule has 4 nitrogen and oxygen atoms in total. The Bertz CT molecular complexity index is 1080. The molecule has 6 rings (SSSR count). The summed E-state index contributed by atoms with van der Waals surface area (Å²) in [6.07, 6.45) is 5.65. The van der Waals surface area contributed by atoms with E-state index in [-0.39, 0.29) is 6.04 Å². The van der Waals surface area contributed by atoms with Crippen molar-refractivity contribution in [3.05, 3.63) is 84.6 Å². The molecule has 3 aliphatic heterocycles. The van der Waals surface area contributed by atoms with Crippen molar-refractivity contribution in [2.45, 2.75) is 31.5 Å². The number of aliphatic hydroxyl groups excluding tert-OH is 1. The molecule has 0 aliphatic carbocycles. The van der Waals surface area contributed by atoms with E-state index in [0.29, 0.717) is 11.8 Å². The minimum absolute atomic E-state index is 0.159. The summed E-state index contributed by atoms with van der Waals surface area (Å²) in [6, 6.07) is 18.8. The number of benzene rings is 2. The van der Waals surface area contributed by atoms with Crippen LogP contribution < -0.4 is 4.74 Å². The lowest BCUT2D eigenvalue weighted by molar-refractivity contribution is -0.984. The Morgan fingerprint density at radius 2 is 2.06 bits per heavy atom. The first-order valence-electron chi connectivity index (χ1n) is 11.3. The van der Waals surface area contributed by atoms with Gasteiger partial charge in [0.2, 0.25) is 0 Å². The maximum Gasteiger partial charge on any atom is 0.131 e. The topological polar surface area (TPSA) is 42.4 Å². The van der Waals surface area contributed by atoms with E-state index in [1.54, 1.807) is 7.11 Å². The average molecular weight is 416 g/mol. The first kappa shape index (κ1) is 20.2. The van der Waals surface area contributed by atoms with Gasteiger partial charge in [0, 0.05) is 35.9 Å². The van der Waals surface area contributed by atoms with Gasteiger partial charge in [0.25, 0.3) is 0 Å². The fourth-order valence-corrected chi connectivity index (χ4v) is 6.07. The van der Waals surface area contributed by atoms with Gasteiger partial charge in [-0.2, -0.15) is 0 Å². The van der Waals surface area contributed by atoms with Crippen LogP contribution in [0.1, 0.15) is 30.1 Å². The van der Waals surface area contributed by atoms with E-state index in [1.165, 1.54) is 12.0 Å². The highest BCUT2D eigenvalue weighted by atomic mass is 16.5. The highest BCUT2D eigenvalue weighted by molar-refractivity contribution is 5.83. The van der Waals surface area contributed by atoms with Gasteiger partial charge in [-0.25, -0.2) is 0 Å². The summed E-state index contributed by atoms with van der Waals surface area (Å²) < 4.78 is 6.38. The zero-order chi connectivity index (χ0) is 21.4. The summed E-state index contributed by atoms with van der Waals surface area (Å²) in [6.45, 7) is 7.25. The van der Waals surface area contributed by atoms with Crippen LogP contribution in [0.2, 0.25) is 0 Å². The number of nitrogens with zero attached hydrogens (tertiary/aromatic N) is 2. The molecule has 1 aromatic heterocycles. The number of hydrogen-bond acceptors (Lipinski definition) is 3. The Morgan fingerprint density at radius 3 is 2.84 bits per heavy atom. The molecule has 0 unspecified atom stereocenters. The van der Waals surface area contributed by atoms with Crippen LogP contribution in [0.15, 0.2) is 73.4 Å². The SMILES string of the molecule is C=C[C@@H]1C[N@@+]2(Cc3ccccc3)CC[C@H]1C[C@@H]2[C@H](O)c1ccnc2ccc(OC)cc12. The molecule has 2 bridgehead atoms. The van der Waals surface area contributed by atoms with Gasteiger partial charge in [-0.1, -0.05) is 36.4 Å². The fraction of sp³-hybridized carbons (Fsp3) is 0.370. The van der Waals surface area contributed by atoms with Crippen LogP contribution in [0, 0.1) is 11.8 Å². The van der Waals surface area contributed by atoms with Crippen molar-refractivity contribution in [3.8, 4) is 5.75 Å². The van der Waals surface area contributed by atoms with Gasteiger partial charge in [0.05, 0.1) is 25.7 Å². The van der Waals surface area contributed by atoms with Crippen LogP contribution in [0.5, 0.6) is 5.75 Å². The molecule has 5 atom stereocenters. The summed E-state index contributed by atoms with van der Waals surface area (Å²) in [5.41, 5.74) is 3.19. The molecular weight excluding hydrogens is 384 g/mol. The van der Waals surface area contributed by atoms with Gasteiger partial charge in [-0.05, 0) is 35.7 Å². The van der Waals surface area contributed by atoms with Gasteiger partial charge in [-0.3, -0.25) is 4.98 Å². The molecule has 2 aromatic carbocycles. The molecule has 3 saturated heterocycles. The van der Waals surface area contributed by atoms with E-state index in [1.807, 2.05) is 30.5 Å². The predicted octanol–water partition coefficient (Wildman–Crippen LogP) is 4.89. The lowest BCUT2D eigenvalue weighted by atomic mass is 9.71. The number of quaternary nitrogens is 1. The number of pyridine rings is 1. The number of fused-ring (bicyclic) bond motifs is 4. The van der Waals surface area contributed by atoms with Crippen molar-refractivity contribution >= 4 is 10.9 Å². The quantitative estimate of drug-likeness (QED) is 0.460. The number of piperidine rings is 3. The van der Waals surface area contributed by atoms with Crippen LogP contribution in [-0.4, -0.2) is 40.8 Å². The van der Waals surface area contributed by atoms with E-state index >= 15 is 0 Å². The Balaban J connectivity index is 1.56. The largest absolute Gasteiger partial charge is 0.497 e. The summed E-state index contributed by atoms with van der Waals surface area (Å²) >= 11 is 0. The second-order valence-corrected chi connectivity index (χ2v) is 9.25. The van der Waals surface area contributed by atoms with E-state index in [0.717, 1.165) is 52.8 Å². The standard InChI is InChI=1S/C27H31N2O2/c1-3-20-18-29(17-19-7-5-4-6-8-19)14-12-21(20)15-26(29)27(30)23-11-13-28-25-10-9-22(31-2)16-24(23)25/h3-11,13,16,20-21,26-27,30H,1,12,14-15,17-18H2,2H3/q+1/t20-,21+,26-,27-,29+/m1/s1. The molecule has 0 saturated carbocycles. The van der Waals surface area contributed by atoms with Crippen molar-refractivity contribution in [1.29, 1.82) is 0 Å². The molecular formula is C27H31N2O2+. The van der Waals surface area contributed by atoms with Crippen LogP contribution in [0.25, 0.3) is 10.9 Å². The summed E-state index contributed by atoms with van der Waals surface area (Å²) in [4.78, 5) is 4.52. The molecule has 0 radical (unpaired) electrons. The Labute approximate surface area is 184 Å². The van der Waals surface area contributed by atoms with Crippen LogP contribution in [0.3, 0.4) is 0 Å². The third-order valence-electron chi connectivity index (χ3n) is 7.68. The van der Waals surface area contributed by atoms with E-state index in [9.17, 15) is 5.11 Å². The summed E-state index contributed by atoms with van der Waals surface area (Å²) in [5, 5.41) is 12.8. The molecule has 3 aromatic rings. The van der Waals surface area contributed by atoms with Gasteiger partial charge in [0.15, 0.2) is 0 Å². The maximum atomic E-state index is 11.8. The summed E-state index contributed by atoms with van der Waals surface area (Å²) in [5.74, 6) is 1.92. The number of methoxy groups -OCH3 is 1. The van der Waals surface area contributed by atoms with Crippen LogP contribution in [-0.2, 0) is 6.54 Å². The zero-order valence-electron chi connectivity index (χ0n) is 18.2. The molecule has 1 N–H and O–H groups in total. The number of aromatic nitrogens is 1.